The van der Waals surface area contributed by atoms with Gasteiger partial charge in [0.1, 0.15) is 5.00 Å². The second kappa shape index (κ2) is 11.3. The molecule has 35 heavy (non-hydrogen) atoms. The predicted molar refractivity (Wildman–Crippen MR) is 141 cm³/mol. The van der Waals surface area contributed by atoms with Crippen molar-refractivity contribution < 1.29 is 5.11 Å². The maximum Gasteiger partial charge on any atom is 0.180 e. The number of anilines is 2. The second-order valence-electron chi connectivity index (χ2n) is 8.82. The molecule has 0 bridgehead atoms. The number of fused-ring (bicyclic) bond motifs is 1. The molecule has 0 radical (unpaired) electrons. The molecule has 4 aromatic rings. The molecule has 0 amide bonds. The minimum atomic E-state index is -0.117. The number of rotatable bonds is 8. The van der Waals surface area contributed by atoms with Gasteiger partial charge < -0.3 is 10.4 Å². The van der Waals surface area contributed by atoms with Crippen LogP contribution in [-0.2, 0) is 6.54 Å². The number of aryl methyl sites for hydroxylation is 1. The molecule has 0 spiro atoms. The lowest BCUT2D eigenvalue weighted by Crippen LogP contribution is -2.52. The van der Waals surface area contributed by atoms with Crippen molar-refractivity contribution in [2.45, 2.75) is 71.9 Å². The van der Waals surface area contributed by atoms with Crippen LogP contribution in [0.5, 0.6) is 0 Å². The zero-order valence-electron chi connectivity index (χ0n) is 21.1. The lowest BCUT2D eigenvalue weighted by atomic mass is 9.80. The molecule has 1 fully saturated rings. The third kappa shape index (κ3) is 5.24. The molecule has 0 saturated heterocycles. The van der Waals surface area contributed by atoms with E-state index in [1.165, 1.54) is 30.8 Å². The van der Waals surface area contributed by atoms with Crippen LogP contribution in [0.15, 0.2) is 30.9 Å². The molecular weight excluding hydrogens is 460 g/mol. The van der Waals surface area contributed by atoms with E-state index in [0.717, 1.165) is 59.2 Å². The van der Waals surface area contributed by atoms with Gasteiger partial charge in [0.25, 0.3) is 0 Å². The molecular formula is C25H36N8OS. The van der Waals surface area contributed by atoms with Crippen LogP contribution in [0.25, 0.3) is 16.9 Å². The predicted octanol–water partition coefficient (Wildman–Crippen LogP) is 5.17. The summed E-state index contributed by atoms with van der Waals surface area (Å²) in [7, 11) is 0. The molecule has 1 aliphatic carbocycles. The molecule has 1 saturated carbocycles. The Hall–Kier alpha value is -2.82. The Morgan fingerprint density at radius 1 is 1.23 bits per heavy atom. The van der Waals surface area contributed by atoms with E-state index in [1.54, 1.807) is 6.20 Å². The van der Waals surface area contributed by atoms with Gasteiger partial charge in [0, 0.05) is 30.0 Å². The van der Waals surface area contributed by atoms with Gasteiger partial charge in [-0.2, -0.15) is 9.47 Å². The highest BCUT2D eigenvalue weighted by atomic mass is 32.1. The Labute approximate surface area is 210 Å². The number of likely N-dealkylation sites (N-methyl/N-ethyl adjacent to an activating group) is 1. The van der Waals surface area contributed by atoms with Gasteiger partial charge in [0.15, 0.2) is 11.5 Å². The molecule has 4 aromatic heterocycles. The Kier molecular flexibility index (Phi) is 8.15. The lowest BCUT2D eigenvalue weighted by Gasteiger charge is -2.45. The topological polar surface area (TPSA) is 107 Å². The molecule has 1 aliphatic rings. The zero-order chi connectivity index (χ0) is 24.8. The van der Waals surface area contributed by atoms with Crippen LogP contribution in [0, 0.1) is 6.92 Å². The van der Waals surface area contributed by atoms with Gasteiger partial charge in [-0.1, -0.05) is 40.0 Å². The Balaban J connectivity index is 0.00000141. The molecule has 188 valence electrons. The monoisotopic (exact) mass is 496 g/mol. The summed E-state index contributed by atoms with van der Waals surface area (Å²) < 4.78 is 6.73. The van der Waals surface area contributed by atoms with Gasteiger partial charge in [0.2, 0.25) is 0 Å². The summed E-state index contributed by atoms with van der Waals surface area (Å²) in [5.74, 6) is 0.700. The number of nitrogens with one attached hydrogen (secondary N) is 2. The van der Waals surface area contributed by atoms with Crippen molar-refractivity contribution in [3.8, 4) is 11.3 Å². The number of aromatic amines is 1. The maximum atomic E-state index is 10.2. The van der Waals surface area contributed by atoms with Crippen LogP contribution >= 0.6 is 11.5 Å². The van der Waals surface area contributed by atoms with Gasteiger partial charge in [-0.3, -0.25) is 14.4 Å². The van der Waals surface area contributed by atoms with E-state index in [0.29, 0.717) is 5.82 Å². The van der Waals surface area contributed by atoms with E-state index in [4.69, 9.17) is 9.36 Å². The van der Waals surface area contributed by atoms with Crippen LogP contribution in [0.3, 0.4) is 0 Å². The number of imidazole rings is 1. The number of aromatic nitrogens is 6. The molecule has 9 nitrogen and oxygen atoms in total. The maximum absolute atomic E-state index is 10.2. The lowest BCUT2D eigenvalue weighted by molar-refractivity contribution is -0.00230. The molecule has 10 heteroatoms. The van der Waals surface area contributed by atoms with Crippen molar-refractivity contribution in [1.82, 2.24) is 33.8 Å². The summed E-state index contributed by atoms with van der Waals surface area (Å²) in [4.78, 5) is 11.7. The normalized spacial score (nSPS) is 15.3. The van der Waals surface area contributed by atoms with Crippen LogP contribution < -0.4 is 5.32 Å². The van der Waals surface area contributed by atoms with Gasteiger partial charge in [-0.25, -0.2) is 9.97 Å². The zero-order valence-corrected chi connectivity index (χ0v) is 21.9. The summed E-state index contributed by atoms with van der Waals surface area (Å²) >= 11 is 1.43. The first kappa shape index (κ1) is 25.3. The Bertz CT molecular complexity index is 1210. The summed E-state index contributed by atoms with van der Waals surface area (Å²) in [6.07, 6.45) is 13.2. The first-order valence-corrected chi connectivity index (χ1v) is 13.3. The standard InChI is InChI=1S/C23H30N8OS.C2H6/c1-3-30(23(15-32)7-5-4-6-8-23)14-18-9-20(33-29-18)28-21-22-24-12-19(17-10-25-26-11-17)31(22)13-16(2)27-21;1-2/h9-13,32H,3-8,14-15H2,1-2H3,(H,25,26)(H,27,28);1-2H3. The third-order valence-electron chi connectivity index (χ3n) is 6.69. The average Bonchev–Trinajstić information content (AvgIpc) is 3.65. The number of nitrogens with zero attached hydrogens (tertiary/aromatic N) is 6. The summed E-state index contributed by atoms with van der Waals surface area (Å²) in [6, 6.07) is 2.08. The van der Waals surface area contributed by atoms with Gasteiger partial charge in [-0.15, -0.1) is 0 Å². The fourth-order valence-electron chi connectivity index (χ4n) is 4.95. The van der Waals surface area contributed by atoms with Crippen molar-refractivity contribution in [2.75, 3.05) is 18.5 Å². The van der Waals surface area contributed by atoms with Gasteiger partial charge in [-0.05, 0) is 43.9 Å². The Morgan fingerprint density at radius 2 is 2.03 bits per heavy atom. The van der Waals surface area contributed by atoms with Crippen molar-refractivity contribution in [3.63, 3.8) is 0 Å². The fourth-order valence-corrected chi connectivity index (χ4v) is 5.61. The van der Waals surface area contributed by atoms with E-state index >= 15 is 0 Å². The largest absolute Gasteiger partial charge is 0.394 e. The molecule has 3 N–H and O–H groups in total. The second-order valence-corrected chi connectivity index (χ2v) is 9.62. The van der Waals surface area contributed by atoms with Crippen LogP contribution in [0.4, 0.5) is 10.8 Å². The van der Waals surface area contributed by atoms with Crippen LogP contribution in [-0.4, -0.2) is 57.6 Å². The SMILES string of the molecule is CC.CCN(Cc1cc(Nc2nc(C)cn3c(-c4cn[nH]c4)cnc23)sn1)C1(CO)CCCCC1. The number of aliphatic hydroxyl groups excluding tert-OH is 1. The van der Waals surface area contributed by atoms with Crippen molar-refractivity contribution in [3.05, 3.63) is 42.2 Å². The minimum Gasteiger partial charge on any atom is -0.394 e. The fraction of sp³-hybridized carbons (Fsp3) is 0.520. The molecule has 0 atom stereocenters. The van der Waals surface area contributed by atoms with Crippen LogP contribution in [0.1, 0.15) is 64.3 Å². The van der Waals surface area contributed by atoms with Crippen LogP contribution in [0.2, 0.25) is 0 Å². The molecule has 4 heterocycles. The highest BCUT2D eigenvalue weighted by molar-refractivity contribution is 7.10. The number of hydrogen-bond acceptors (Lipinski definition) is 8. The number of H-pyrrole nitrogens is 1. The number of hydrogen-bond donors (Lipinski definition) is 3. The summed E-state index contributed by atoms with van der Waals surface area (Å²) in [5.41, 5.74) is 4.46. The average molecular weight is 497 g/mol. The van der Waals surface area contributed by atoms with Crippen molar-refractivity contribution in [1.29, 1.82) is 0 Å². The molecule has 5 rings (SSSR count). The molecule has 0 unspecified atom stereocenters. The third-order valence-corrected chi connectivity index (χ3v) is 7.43. The van der Waals surface area contributed by atoms with E-state index < -0.39 is 0 Å². The minimum absolute atomic E-state index is 0.117. The van der Waals surface area contributed by atoms with E-state index in [1.807, 2.05) is 43.8 Å². The summed E-state index contributed by atoms with van der Waals surface area (Å²) in [6.45, 7) is 9.98. The molecule has 0 aliphatic heterocycles. The van der Waals surface area contributed by atoms with Crippen molar-refractivity contribution >= 4 is 28.0 Å². The Morgan fingerprint density at radius 3 is 2.71 bits per heavy atom. The highest BCUT2D eigenvalue weighted by Crippen LogP contribution is 2.35. The van der Waals surface area contributed by atoms with Gasteiger partial charge >= 0.3 is 0 Å². The first-order chi connectivity index (χ1) is 17.1. The summed E-state index contributed by atoms with van der Waals surface area (Å²) in [5, 5.41) is 21.5. The van der Waals surface area contributed by atoms with Crippen molar-refractivity contribution in [2.24, 2.45) is 0 Å². The first-order valence-electron chi connectivity index (χ1n) is 12.5. The smallest absolute Gasteiger partial charge is 0.180 e. The molecule has 0 aromatic carbocycles. The van der Waals surface area contributed by atoms with E-state index in [2.05, 4.69) is 38.4 Å². The van der Waals surface area contributed by atoms with E-state index in [-0.39, 0.29) is 12.1 Å². The quantitative estimate of drug-likeness (QED) is 0.309. The van der Waals surface area contributed by atoms with Gasteiger partial charge in [0.05, 0.1) is 36.1 Å². The highest BCUT2D eigenvalue weighted by Gasteiger charge is 2.36. The number of aliphatic hydroxyl groups is 1. The van der Waals surface area contributed by atoms with E-state index in [9.17, 15) is 5.11 Å².